The molecule has 0 bridgehead atoms. The van der Waals surface area contributed by atoms with Crippen molar-refractivity contribution in [1.82, 2.24) is 0 Å². The summed E-state index contributed by atoms with van der Waals surface area (Å²) in [5.41, 5.74) is 0.732. The topological polar surface area (TPSA) is 21.3 Å². The Labute approximate surface area is 121 Å². The van der Waals surface area contributed by atoms with Gasteiger partial charge in [0.1, 0.15) is 0 Å². The van der Waals surface area contributed by atoms with Crippen molar-refractivity contribution in [3.63, 3.8) is 0 Å². The molecule has 0 aromatic heterocycles. The molecule has 0 aliphatic heterocycles. The quantitative estimate of drug-likeness (QED) is 0.826. The maximum Gasteiger partial charge on any atom is 0.387 e. The predicted molar refractivity (Wildman–Crippen MR) is 73.5 cm³/mol. The molecule has 1 aliphatic carbocycles. The van der Waals surface area contributed by atoms with Crippen LogP contribution in [-0.4, -0.2) is 12.7 Å². The van der Waals surface area contributed by atoms with Crippen molar-refractivity contribution in [2.24, 2.45) is 5.92 Å². The second kappa shape index (κ2) is 6.14. The molecule has 1 aliphatic rings. The van der Waals surface area contributed by atoms with E-state index in [1.807, 2.05) is 0 Å². The number of hydrogen-bond donors (Lipinski definition) is 1. The van der Waals surface area contributed by atoms with E-state index in [1.54, 1.807) is 12.1 Å². The first-order valence-corrected chi connectivity index (χ1v) is 6.91. The standard InChI is InChI=1S/C13H15Cl2F2NO/c1-7-2-3-8(4-7)18-9-5-10(14)12(11(15)6-9)19-13(16)17/h5-8,13,18H,2-4H2,1H3. The van der Waals surface area contributed by atoms with Crippen LogP contribution >= 0.6 is 23.2 Å². The average Bonchev–Trinajstić information content (AvgIpc) is 2.69. The van der Waals surface area contributed by atoms with E-state index in [1.165, 1.54) is 6.42 Å². The zero-order valence-corrected chi connectivity index (χ0v) is 11.9. The largest absolute Gasteiger partial charge is 0.432 e. The molecule has 1 saturated carbocycles. The molecule has 0 amide bonds. The van der Waals surface area contributed by atoms with E-state index in [-0.39, 0.29) is 15.8 Å². The van der Waals surface area contributed by atoms with Gasteiger partial charge in [0.05, 0.1) is 10.0 Å². The third-order valence-corrected chi connectivity index (χ3v) is 3.83. The number of halogens is 4. The summed E-state index contributed by atoms with van der Waals surface area (Å²) >= 11 is 11.8. The van der Waals surface area contributed by atoms with Crippen molar-refractivity contribution in [2.45, 2.75) is 38.8 Å². The molecule has 1 aromatic carbocycles. The van der Waals surface area contributed by atoms with E-state index < -0.39 is 6.61 Å². The van der Waals surface area contributed by atoms with Crippen LogP contribution in [0, 0.1) is 5.92 Å². The minimum absolute atomic E-state index is 0.0846. The first kappa shape index (κ1) is 14.7. The van der Waals surface area contributed by atoms with E-state index in [0.717, 1.165) is 18.5 Å². The Morgan fingerprint density at radius 1 is 1.26 bits per heavy atom. The molecule has 1 N–H and O–H groups in total. The molecule has 2 nitrogen and oxygen atoms in total. The Balaban J connectivity index is 2.11. The third-order valence-electron chi connectivity index (χ3n) is 3.27. The molecule has 2 atom stereocenters. The molecular weight excluding hydrogens is 295 g/mol. The van der Waals surface area contributed by atoms with E-state index in [2.05, 4.69) is 17.0 Å². The first-order valence-electron chi connectivity index (χ1n) is 6.16. The molecule has 0 saturated heterocycles. The van der Waals surface area contributed by atoms with Crippen LogP contribution in [0.5, 0.6) is 5.75 Å². The molecule has 2 rings (SSSR count). The number of nitrogens with one attached hydrogen (secondary N) is 1. The van der Waals surface area contributed by atoms with Gasteiger partial charge in [0.15, 0.2) is 5.75 Å². The van der Waals surface area contributed by atoms with Gasteiger partial charge in [-0.15, -0.1) is 0 Å². The highest BCUT2D eigenvalue weighted by Gasteiger charge is 2.22. The molecule has 0 radical (unpaired) electrons. The minimum Gasteiger partial charge on any atom is -0.432 e. The van der Waals surface area contributed by atoms with Crippen molar-refractivity contribution in [1.29, 1.82) is 0 Å². The van der Waals surface area contributed by atoms with E-state index >= 15 is 0 Å². The lowest BCUT2D eigenvalue weighted by atomic mass is 10.1. The van der Waals surface area contributed by atoms with E-state index in [0.29, 0.717) is 12.0 Å². The van der Waals surface area contributed by atoms with Crippen LogP contribution in [0.4, 0.5) is 14.5 Å². The zero-order valence-electron chi connectivity index (χ0n) is 10.4. The van der Waals surface area contributed by atoms with Gasteiger partial charge in [-0.3, -0.25) is 0 Å². The number of anilines is 1. The van der Waals surface area contributed by atoms with Gasteiger partial charge in [-0.1, -0.05) is 30.1 Å². The van der Waals surface area contributed by atoms with Crippen LogP contribution in [-0.2, 0) is 0 Å². The highest BCUT2D eigenvalue weighted by Crippen LogP contribution is 2.38. The van der Waals surface area contributed by atoms with Gasteiger partial charge in [0.2, 0.25) is 0 Å². The van der Waals surface area contributed by atoms with Crippen molar-refractivity contribution < 1.29 is 13.5 Å². The molecule has 2 unspecified atom stereocenters. The lowest BCUT2D eigenvalue weighted by Gasteiger charge is -2.16. The summed E-state index contributed by atoms with van der Waals surface area (Å²) in [5.74, 6) is 0.522. The molecule has 0 heterocycles. The SMILES string of the molecule is CC1CCC(Nc2cc(Cl)c(OC(F)F)c(Cl)c2)C1. The molecule has 19 heavy (non-hydrogen) atoms. The van der Waals surface area contributed by atoms with E-state index in [4.69, 9.17) is 23.2 Å². The first-order chi connectivity index (χ1) is 8.95. The predicted octanol–water partition coefficient (Wildman–Crippen LogP) is 5.20. The van der Waals surface area contributed by atoms with Crippen LogP contribution in [0.3, 0.4) is 0 Å². The van der Waals surface area contributed by atoms with Crippen LogP contribution in [0.25, 0.3) is 0 Å². The maximum atomic E-state index is 12.2. The lowest BCUT2D eigenvalue weighted by molar-refractivity contribution is -0.0497. The van der Waals surface area contributed by atoms with Crippen LogP contribution < -0.4 is 10.1 Å². The van der Waals surface area contributed by atoms with Crippen molar-refractivity contribution in [3.05, 3.63) is 22.2 Å². The van der Waals surface area contributed by atoms with Gasteiger partial charge in [-0.2, -0.15) is 8.78 Å². The molecule has 1 aromatic rings. The third kappa shape index (κ3) is 3.86. The van der Waals surface area contributed by atoms with Gasteiger partial charge in [-0.25, -0.2) is 0 Å². The number of rotatable bonds is 4. The van der Waals surface area contributed by atoms with Gasteiger partial charge in [0, 0.05) is 11.7 Å². The highest BCUT2D eigenvalue weighted by atomic mass is 35.5. The summed E-state index contributed by atoms with van der Waals surface area (Å²) in [6.07, 6.45) is 3.36. The Hall–Kier alpha value is -0.740. The number of hydrogen-bond acceptors (Lipinski definition) is 2. The second-order valence-electron chi connectivity index (χ2n) is 4.91. The van der Waals surface area contributed by atoms with E-state index in [9.17, 15) is 8.78 Å². The molecule has 6 heteroatoms. The monoisotopic (exact) mass is 309 g/mol. The minimum atomic E-state index is -2.94. The zero-order chi connectivity index (χ0) is 14.0. The fourth-order valence-electron chi connectivity index (χ4n) is 2.42. The highest BCUT2D eigenvalue weighted by molar-refractivity contribution is 6.37. The molecular formula is C13H15Cl2F2NO. The fraction of sp³-hybridized carbons (Fsp3) is 0.538. The number of benzene rings is 1. The fourth-order valence-corrected chi connectivity index (χ4v) is 2.99. The molecule has 1 fully saturated rings. The van der Waals surface area contributed by atoms with Crippen molar-refractivity contribution >= 4 is 28.9 Å². The number of alkyl halides is 2. The summed E-state index contributed by atoms with van der Waals surface area (Å²) in [4.78, 5) is 0. The Kier molecular flexibility index (Phi) is 4.74. The van der Waals surface area contributed by atoms with Crippen LogP contribution in [0.15, 0.2) is 12.1 Å². The van der Waals surface area contributed by atoms with Crippen LogP contribution in [0.1, 0.15) is 26.2 Å². The summed E-state index contributed by atoms with van der Waals surface area (Å²) < 4.78 is 28.7. The lowest BCUT2D eigenvalue weighted by Crippen LogP contribution is -2.15. The van der Waals surface area contributed by atoms with Crippen molar-refractivity contribution in [2.75, 3.05) is 5.32 Å². The Bertz CT molecular complexity index is 433. The molecule has 106 valence electrons. The van der Waals surface area contributed by atoms with Gasteiger partial charge in [-0.05, 0) is 37.3 Å². The van der Waals surface area contributed by atoms with Gasteiger partial charge in [0.25, 0.3) is 0 Å². The second-order valence-corrected chi connectivity index (χ2v) is 5.72. The number of ether oxygens (including phenoxy) is 1. The molecule has 0 spiro atoms. The average molecular weight is 310 g/mol. The maximum absolute atomic E-state index is 12.2. The summed E-state index contributed by atoms with van der Waals surface area (Å²) in [5, 5.41) is 3.49. The van der Waals surface area contributed by atoms with Crippen LogP contribution in [0.2, 0.25) is 10.0 Å². The van der Waals surface area contributed by atoms with Crippen molar-refractivity contribution in [3.8, 4) is 5.75 Å². The normalized spacial score (nSPS) is 22.8. The van der Waals surface area contributed by atoms with Gasteiger partial charge >= 0.3 is 6.61 Å². The summed E-state index contributed by atoms with van der Waals surface area (Å²) in [6, 6.07) is 3.51. The smallest absolute Gasteiger partial charge is 0.387 e. The Morgan fingerprint density at radius 2 is 1.89 bits per heavy atom. The summed E-state index contributed by atoms with van der Waals surface area (Å²) in [6.45, 7) is -0.731. The Morgan fingerprint density at radius 3 is 2.37 bits per heavy atom. The summed E-state index contributed by atoms with van der Waals surface area (Å²) in [7, 11) is 0. The van der Waals surface area contributed by atoms with Gasteiger partial charge < -0.3 is 10.1 Å².